The third kappa shape index (κ3) is 2.20. The smallest absolute Gasteiger partial charge is 0.177 e. The molecule has 0 spiro atoms. The van der Waals surface area contributed by atoms with Crippen molar-refractivity contribution in [2.45, 2.75) is 0 Å². The van der Waals surface area contributed by atoms with Crippen LogP contribution in [0.2, 0.25) is 5.15 Å². The molecule has 0 saturated carbocycles. The van der Waals surface area contributed by atoms with Crippen LogP contribution in [-0.4, -0.2) is 27.7 Å². The quantitative estimate of drug-likeness (QED) is 0.876. The number of hydrogen-bond donors (Lipinski definition) is 2. The summed E-state index contributed by atoms with van der Waals surface area (Å²) in [6.07, 6.45) is 1.69. The molecule has 19 heavy (non-hydrogen) atoms. The van der Waals surface area contributed by atoms with Crippen LogP contribution >= 0.6 is 27.5 Å². The highest BCUT2D eigenvalue weighted by atomic mass is 79.9. The summed E-state index contributed by atoms with van der Waals surface area (Å²) < 4.78 is 2.63. The van der Waals surface area contributed by atoms with Gasteiger partial charge in [0.05, 0.1) is 17.4 Å². The Bertz CT molecular complexity index is 652. The van der Waals surface area contributed by atoms with Gasteiger partial charge in [0.2, 0.25) is 0 Å². The van der Waals surface area contributed by atoms with E-state index in [1.54, 1.807) is 15.9 Å². The average Bonchev–Trinajstić information content (AvgIpc) is 2.95. The molecule has 1 aromatic carbocycles. The third-order valence-electron chi connectivity index (χ3n) is 2.70. The molecule has 0 atom stereocenters. The Labute approximate surface area is 123 Å². The number of hydrogen-bond acceptors (Lipinski definition) is 5. The van der Waals surface area contributed by atoms with Crippen molar-refractivity contribution in [3.8, 4) is 5.69 Å². The van der Waals surface area contributed by atoms with Gasteiger partial charge in [-0.05, 0) is 18.2 Å². The fourth-order valence-electron chi connectivity index (χ4n) is 1.79. The lowest BCUT2D eigenvalue weighted by Gasteiger charge is -2.11. The first-order chi connectivity index (χ1) is 9.16. The van der Waals surface area contributed by atoms with E-state index in [-0.39, 0.29) is 0 Å². The van der Waals surface area contributed by atoms with Crippen LogP contribution in [0.3, 0.4) is 0 Å². The first-order valence-electron chi connectivity index (χ1n) is 5.49. The van der Waals surface area contributed by atoms with Crippen molar-refractivity contribution in [2.75, 3.05) is 7.05 Å². The van der Waals surface area contributed by atoms with Gasteiger partial charge in [0.25, 0.3) is 0 Å². The Morgan fingerprint density at radius 3 is 2.89 bits per heavy atom. The highest BCUT2D eigenvalue weighted by Crippen LogP contribution is 2.23. The molecule has 8 heteroatoms. The number of aromatic nitrogens is 2. The van der Waals surface area contributed by atoms with Crippen LogP contribution in [0.1, 0.15) is 5.56 Å². The van der Waals surface area contributed by atoms with Crippen molar-refractivity contribution in [1.29, 1.82) is 0 Å². The highest BCUT2D eigenvalue weighted by molar-refractivity contribution is 9.10. The second-order valence-corrected chi connectivity index (χ2v) is 5.23. The number of rotatable bonds is 2. The van der Waals surface area contributed by atoms with E-state index in [0.717, 1.165) is 15.7 Å². The maximum absolute atomic E-state index is 6.38. The molecule has 2 aromatic rings. The van der Waals surface area contributed by atoms with Crippen LogP contribution in [0, 0.1) is 0 Å². The van der Waals surface area contributed by atoms with Crippen LogP contribution in [0.5, 0.6) is 0 Å². The van der Waals surface area contributed by atoms with E-state index in [4.69, 9.17) is 11.6 Å². The third-order valence-corrected chi connectivity index (χ3v) is 3.56. The summed E-state index contributed by atoms with van der Waals surface area (Å²) in [5.74, 6) is 0.686. The van der Waals surface area contributed by atoms with Gasteiger partial charge in [0.15, 0.2) is 5.84 Å². The molecule has 0 radical (unpaired) electrons. The summed E-state index contributed by atoms with van der Waals surface area (Å²) in [5, 5.41) is 10.7. The van der Waals surface area contributed by atoms with Gasteiger partial charge in [0, 0.05) is 11.5 Å². The predicted molar refractivity (Wildman–Crippen MR) is 76.8 cm³/mol. The minimum Gasteiger partial charge on any atom is -0.274 e. The SMILES string of the molecule is CN1NNN=C1c1cnn(-c2cccc(Br)c2)c1Cl. The van der Waals surface area contributed by atoms with Gasteiger partial charge < -0.3 is 0 Å². The summed E-state index contributed by atoms with van der Waals surface area (Å²) in [6.45, 7) is 0. The lowest BCUT2D eigenvalue weighted by molar-refractivity contribution is 0.349. The second kappa shape index (κ2) is 4.84. The molecule has 1 aliphatic rings. The number of benzene rings is 1. The van der Waals surface area contributed by atoms with Crippen molar-refractivity contribution in [2.24, 2.45) is 5.10 Å². The minimum absolute atomic E-state index is 0.509. The van der Waals surface area contributed by atoms with Crippen LogP contribution in [0.15, 0.2) is 40.0 Å². The highest BCUT2D eigenvalue weighted by Gasteiger charge is 2.21. The molecule has 0 unspecified atom stereocenters. The zero-order valence-electron chi connectivity index (χ0n) is 9.93. The number of nitrogens with one attached hydrogen (secondary N) is 2. The van der Waals surface area contributed by atoms with E-state index < -0.39 is 0 Å². The van der Waals surface area contributed by atoms with E-state index in [2.05, 4.69) is 37.2 Å². The molecule has 98 valence electrons. The lowest BCUT2D eigenvalue weighted by Crippen LogP contribution is -2.37. The normalized spacial score (nSPS) is 14.5. The molecular weight excluding hydrogens is 332 g/mol. The summed E-state index contributed by atoms with van der Waals surface area (Å²) >= 11 is 9.81. The van der Waals surface area contributed by atoms with Crippen LogP contribution in [0.25, 0.3) is 5.69 Å². The molecule has 0 bridgehead atoms. The largest absolute Gasteiger partial charge is 0.274 e. The second-order valence-electron chi connectivity index (χ2n) is 3.96. The van der Waals surface area contributed by atoms with Crippen LogP contribution < -0.4 is 11.1 Å². The Morgan fingerprint density at radius 2 is 2.21 bits per heavy atom. The fraction of sp³-hybridized carbons (Fsp3) is 0.0909. The van der Waals surface area contributed by atoms with Crippen molar-refractivity contribution >= 4 is 33.4 Å². The van der Waals surface area contributed by atoms with E-state index >= 15 is 0 Å². The van der Waals surface area contributed by atoms with E-state index in [9.17, 15) is 0 Å². The Morgan fingerprint density at radius 1 is 1.37 bits per heavy atom. The Hall–Kier alpha value is -1.57. The van der Waals surface area contributed by atoms with Crippen LogP contribution in [0.4, 0.5) is 0 Å². The molecule has 2 heterocycles. The summed E-state index contributed by atoms with van der Waals surface area (Å²) in [5.41, 5.74) is 7.13. The van der Waals surface area contributed by atoms with Crippen molar-refractivity contribution in [3.05, 3.63) is 45.7 Å². The topological polar surface area (TPSA) is 57.5 Å². The molecule has 0 fully saturated rings. The molecule has 0 saturated heterocycles. The molecule has 0 amide bonds. The van der Waals surface area contributed by atoms with Crippen LogP contribution in [-0.2, 0) is 0 Å². The monoisotopic (exact) mass is 340 g/mol. The first kappa shape index (κ1) is 12.5. The molecule has 0 aliphatic carbocycles. The van der Waals surface area contributed by atoms with E-state index in [1.807, 2.05) is 31.3 Å². The van der Waals surface area contributed by atoms with Gasteiger partial charge in [-0.2, -0.15) is 5.10 Å². The van der Waals surface area contributed by atoms with E-state index in [0.29, 0.717) is 11.0 Å². The molecule has 6 nitrogen and oxygen atoms in total. The zero-order chi connectivity index (χ0) is 13.4. The summed E-state index contributed by atoms with van der Waals surface area (Å²) in [7, 11) is 1.84. The van der Waals surface area contributed by atoms with Crippen molar-refractivity contribution < 1.29 is 0 Å². The van der Waals surface area contributed by atoms with Gasteiger partial charge >= 0.3 is 0 Å². The minimum atomic E-state index is 0.509. The fourth-order valence-corrected chi connectivity index (χ4v) is 2.45. The van der Waals surface area contributed by atoms with Gasteiger partial charge in [-0.1, -0.05) is 33.6 Å². The standard InChI is InChI=1S/C11H10BrClN6/c1-18-11(15-16-17-18)9-6-14-19(10(9)13)8-4-2-3-7(12)5-8/h2-6,16-17H,1H3. The number of hydrazine groups is 2. The zero-order valence-corrected chi connectivity index (χ0v) is 12.3. The molecule has 2 N–H and O–H groups in total. The molecule has 1 aliphatic heterocycles. The number of halogens is 2. The first-order valence-corrected chi connectivity index (χ1v) is 6.66. The summed E-state index contributed by atoms with van der Waals surface area (Å²) in [6, 6.07) is 7.76. The molecular formula is C11H10BrClN6. The number of nitrogens with zero attached hydrogens (tertiary/aromatic N) is 4. The maximum atomic E-state index is 6.38. The molecule has 1 aromatic heterocycles. The Balaban J connectivity index is 2.04. The average molecular weight is 342 g/mol. The number of amidine groups is 1. The van der Waals surface area contributed by atoms with Crippen molar-refractivity contribution in [1.82, 2.24) is 25.9 Å². The summed E-state index contributed by atoms with van der Waals surface area (Å²) in [4.78, 5) is 0. The van der Waals surface area contributed by atoms with Gasteiger partial charge in [-0.15, -0.1) is 10.6 Å². The van der Waals surface area contributed by atoms with E-state index in [1.165, 1.54) is 0 Å². The maximum Gasteiger partial charge on any atom is 0.177 e. The predicted octanol–water partition coefficient (Wildman–Crippen LogP) is 1.90. The molecule has 3 rings (SSSR count). The van der Waals surface area contributed by atoms with Gasteiger partial charge in [-0.3, -0.25) is 5.01 Å². The lowest BCUT2D eigenvalue weighted by atomic mass is 10.3. The Kier molecular flexibility index (Phi) is 3.17. The van der Waals surface area contributed by atoms with Gasteiger partial charge in [-0.25, -0.2) is 10.2 Å². The van der Waals surface area contributed by atoms with Crippen molar-refractivity contribution in [3.63, 3.8) is 0 Å². The van der Waals surface area contributed by atoms with Gasteiger partial charge in [0.1, 0.15) is 5.15 Å². The number of hydrazone groups is 1.